The molecule has 1 heterocycles. The molecule has 106 valence electrons. The van der Waals surface area contributed by atoms with Crippen LogP contribution < -0.4 is 0 Å². The Kier molecular flexibility index (Phi) is 4.14. The van der Waals surface area contributed by atoms with Crippen molar-refractivity contribution in [2.75, 3.05) is 13.1 Å². The van der Waals surface area contributed by atoms with Crippen LogP contribution in [0.15, 0.2) is 18.2 Å². The number of halogens is 1. The average molecular weight is 265 g/mol. The lowest BCUT2D eigenvalue weighted by Crippen LogP contribution is -2.37. The lowest BCUT2D eigenvalue weighted by Gasteiger charge is -2.38. The lowest BCUT2D eigenvalue weighted by molar-refractivity contribution is 0.107. The van der Waals surface area contributed by atoms with Crippen LogP contribution in [0.2, 0.25) is 0 Å². The van der Waals surface area contributed by atoms with Gasteiger partial charge in [-0.15, -0.1) is 0 Å². The number of phenols is 1. The SMILES string of the molecule is CC(C)(C)C1CCN(Cc2cc(F)ccc2O)CC1. The van der Waals surface area contributed by atoms with Crippen LogP contribution >= 0.6 is 0 Å². The first-order chi connectivity index (χ1) is 8.86. The lowest BCUT2D eigenvalue weighted by atomic mass is 9.75. The number of rotatable bonds is 2. The zero-order chi connectivity index (χ0) is 14.0. The molecule has 0 aromatic heterocycles. The molecule has 2 nitrogen and oxygen atoms in total. The molecule has 1 fully saturated rings. The summed E-state index contributed by atoms with van der Waals surface area (Å²) in [5.41, 5.74) is 1.06. The third kappa shape index (κ3) is 3.69. The number of benzene rings is 1. The average Bonchev–Trinajstić information content (AvgIpc) is 2.33. The van der Waals surface area contributed by atoms with Gasteiger partial charge in [-0.1, -0.05) is 20.8 Å². The molecule has 1 saturated heterocycles. The summed E-state index contributed by atoms with van der Waals surface area (Å²) in [6, 6.07) is 4.17. The van der Waals surface area contributed by atoms with Gasteiger partial charge in [-0.3, -0.25) is 4.90 Å². The van der Waals surface area contributed by atoms with E-state index in [0.717, 1.165) is 19.0 Å². The summed E-state index contributed by atoms with van der Waals surface area (Å²) in [6.07, 6.45) is 2.36. The van der Waals surface area contributed by atoms with Crippen LogP contribution in [-0.4, -0.2) is 23.1 Å². The van der Waals surface area contributed by atoms with Crippen LogP contribution in [0, 0.1) is 17.2 Å². The second kappa shape index (κ2) is 5.49. The molecule has 1 N–H and O–H groups in total. The van der Waals surface area contributed by atoms with Gasteiger partial charge in [0.25, 0.3) is 0 Å². The molecule has 0 radical (unpaired) electrons. The number of phenolic OH excluding ortho intramolecular Hbond substituents is 1. The minimum atomic E-state index is -0.280. The predicted octanol–water partition coefficient (Wildman–Crippen LogP) is 3.79. The van der Waals surface area contributed by atoms with Crippen molar-refractivity contribution in [1.29, 1.82) is 0 Å². The van der Waals surface area contributed by atoms with Gasteiger partial charge in [0, 0.05) is 12.1 Å². The smallest absolute Gasteiger partial charge is 0.123 e. The zero-order valence-electron chi connectivity index (χ0n) is 12.1. The van der Waals surface area contributed by atoms with Crippen molar-refractivity contribution >= 4 is 0 Å². The van der Waals surface area contributed by atoms with E-state index in [4.69, 9.17) is 0 Å². The molecule has 0 bridgehead atoms. The summed E-state index contributed by atoms with van der Waals surface area (Å²) in [5.74, 6) is 0.668. The minimum absolute atomic E-state index is 0.194. The summed E-state index contributed by atoms with van der Waals surface area (Å²) in [6.45, 7) is 9.58. The molecule has 1 aromatic carbocycles. The van der Waals surface area contributed by atoms with Crippen molar-refractivity contribution in [2.24, 2.45) is 11.3 Å². The van der Waals surface area contributed by atoms with Gasteiger partial charge in [0.05, 0.1) is 0 Å². The van der Waals surface area contributed by atoms with Crippen LogP contribution in [-0.2, 0) is 6.54 Å². The highest BCUT2D eigenvalue weighted by molar-refractivity contribution is 5.32. The molecule has 1 aromatic rings. The third-order valence-corrected chi connectivity index (χ3v) is 4.25. The molecule has 0 spiro atoms. The molecular weight excluding hydrogens is 241 g/mol. The van der Waals surface area contributed by atoms with Crippen molar-refractivity contribution in [2.45, 2.75) is 40.2 Å². The maximum absolute atomic E-state index is 13.2. The highest BCUT2D eigenvalue weighted by Gasteiger charge is 2.28. The van der Waals surface area contributed by atoms with Crippen molar-refractivity contribution in [1.82, 2.24) is 4.90 Å². The number of piperidine rings is 1. The Bertz CT molecular complexity index is 431. The predicted molar refractivity (Wildman–Crippen MR) is 75.5 cm³/mol. The molecule has 2 rings (SSSR count). The van der Waals surface area contributed by atoms with Crippen molar-refractivity contribution in [3.63, 3.8) is 0 Å². The Morgan fingerprint density at radius 1 is 1.26 bits per heavy atom. The van der Waals surface area contributed by atoms with E-state index in [-0.39, 0.29) is 11.6 Å². The fourth-order valence-electron chi connectivity index (χ4n) is 2.88. The van der Waals surface area contributed by atoms with Crippen LogP contribution in [0.1, 0.15) is 39.2 Å². The van der Waals surface area contributed by atoms with Gasteiger partial charge >= 0.3 is 0 Å². The number of likely N-dealkylation sites (tertiary alicyclic amines) is 1. The van der Waals surface area contributed by atoms with Gasteiger partial charge in [0.15, 0.2) is 0 Å². The Morgan fingerprint density at radius 2 is 1.89 bits per heavy atom. The Labute approximate surface area is 115 Å². The number of aromatic hydroxyl groups is 1. The summed E-state index contributed by atoms with van der Waals surface area (Å²) in [7, 11) is 0. The molecule has 1 aliphatic rings. The van der Waals surface area contributed by atoms with E-state index in [2.05, 4.69) is 25.7 Å². The van der Waals surface area contributed by atoms with Gasteiger partial charge in [-0.2, -0.15) is 0 Å². The highest BCUT2D eigenvalue weighted by atomic mass is 19.1. The van der Waals surface area contributed by atoms with E-state index in [0.29, 0.717) is 17.5 Å². The summed E-state index contributed by atoms with van der Waals surface area (Å²) in [5, 5.41) is 9.75. The first kappa shape index (κ1) is 14.3. The van der Waals surface area contributed by atoms with Gasteiger partial charge < -0.3 is 5.11 Å². The molecule has 0 saturated carbocycles. The van der Waals surface area contributed by atoms with Crippen LogP contribution in [0.3, 0.4) is 0 Å². The van der Waals surface area contributed by atoms with Crippen molar-refractivity contribution in [3.8, 4) is 5.75 Å². The monoisotopic (exact) mass is 265 g/mol. The number of hydrogen-bond donors (Lipinski definition) is 1. The van der Waals surface area contributed by atoms with Crippen LogP contribution in [0.4, 0.5) is 4.39 Å². The van der Waals surface area contributed by atoms with E-state index >= 15 is 0 Å². The Hall–Kier alpha value is -1.09. The minimum Gasteiger partial charge on any atom is -0.508 e. The largest absolute Gasteiger partial charge is 0.508 e. The maximum atomic E-state index is 13.2. The zero-order valence-corrected chi connectivity index (χ0v) is 12.1. The first-order valence-electron chi connectivity index (χ1n) is 7.06. The molecular formula is C16H24FNO. The molecule has 3 heteroatoms. The summed E-state index contributed by atoms with van der Waals surface area (Å²) < 4.78 is 13.2. The number of hydrogen-bond acceptors (Lipinski definition) is 2. The fraction of sp³-hybridized carbons (Fsp3) is 0.625. The molecule has 1 aliphatic heterocycles. The molecule has 0 aliphatic carbocycles. The van der Waals surface area contributed by atoms with Crippen molar-refractivity contribution < 1.29 is 9.50 Å². The van der Waals surface area contributed by atoms with E-state index in [1.165, 1.54) is 31.0 Å². The number of nitrogens with zero attached hydrogens (tertiary/aromatic N) is 1. The van der Waals surface area contributed by atoms with E-state index < -0.39 is 0 Å². The highest BCUT2D eigenvalue weighted by Crippen LogP contribution is 2.34. The van der Waals surface area contributed by atoms with Gasteiger partial charge in [0.1, 0.15) is 11.6 Å². The quantitative estimate of drug-likeness (QED) is 0.879. The first-order valence-corrected chi connectivity index (χ1v) is 7.06. The normalized spacial score (nSPS) is 18.7. The molecule has 0 unspecified atom stereocenters. The fourth-order valence-corrected chi connectivity index (χ4v) is 2.88. The van der Waals surface area contributed by atoms with Crippen molar-refractivity contribution in [3.05, 3.63) is 29.6 Å². The summed E-state index contributed by atoms with van der Waals surface area (Å²) >= 11 is 0. The van der Waals surface area contributed by atoms with E-state index in [1.54, 1.807) is 0 Å². The standard InChI is InChI=1S/C16H24FNO/c1-16(2,3)13-6-8-18(9-7-13)11-12-10-14(17)4-5-15(12)19/h4-5,10,13,19H,6-9,11H2,1-3H3. The Balaban J connectivity index is 1.94. The second-order valence-electron chi connectivity index (χ2n) is 6.69. The molecule has 19 heavy (non-hydrogen) atoms. The Morgan fingerprint density at radius 3 is 2.47 bits per heavy atom. The van der Waals surface area contributed by atoms with Gasteiger partial charge in [0.2, 0.25) is 0 Å². The molecule has 0 atom stereocenters. The topological polar surface area (TPSA) is 23.5 Å². The summed E-state index contributed by atoms with van der Waals surface area (Å²) in [4.78, 5) is 2.30. The van der Waals surface area contributed by atoms with Crippen LogP contribution in [0.25, 0.3) is 0 Å². The molecule has 0 amide bonds. The van der Waals surface area contributed by atoms with E-state index in [9.17, 15) is 9.50 Å². The van der Waals surface area contributed by atoms with E-state index in [1.807, 2.05) is 0 Å². The second-order valence-corrected chi connectivity index (χ2v) is 6.69. The van der Waals surface area contributed by atoms with Crippen LogP contribution in [0.5, 0.6) is 5.75 Å². The third-order valence-electron chi connectivity index (χ3n) is 4.25. The van der Waals surface area contributed by atoms with Gasteiger partial charge in [-0.25, -0.2) is 4.39 Å². The maximum Gasteiger partial charge on any atom is 0.123 e. The van der Waals surface area contributed by atoms with Gasteiger partial charge in [-0.05, 0) is 55.5 Å².